The average Bonchev–Trinajstić information content (AvgIpc) is 3.18. The highest BCUT2D eigenvalue weighted by molar-refractivity contribution is 6.09. The molecule has 0 saturated carbocycles. The van der Waals surface area contributed by atoms with Gasteiger partial charge in [0.1, 0.15) is 41.3 Å². The smallest absolute Gasteiger partial charge is 0.210 e. The summed E-state index contributed by atoms with van der Waals surface area (Å²) in [5.41, 5.74) is -0.480. The summed E-state index contributed by atoms with van der Waals surface area (Å²) in [5, 5.41) is 22.3. The van der Waals surface area contributed by atoms with Crippen LogP contribution in [0, 0.1) is 0 Å². The van der Waals surface area contributed by atoms with Gasteiger partial charge in [0, 0.05) is 29.7 Å². The molecule has 8 nitrogen and oxygen atoms in total. The van der Waals surface area contributed by atoms with E-state index in [4.69, 9.17) is 23.7 Å². The predicted octanol–water partition coefficient (Wildman–Crippen LogP) is 2.51. The average molecular weight is 426 g/mol. The maximum atomic E-state index is 13.6. The Hall–Kier alpha value is -3.39. The number of benzene rings is 2. The maximum absolute atomic E-state index is 13.6. The van der Waals surface area contributed by atoms with Crippen LogP contribution in [0.3, 0.4) is 0 Å². The lowest BCUT2D eigenvalue weighted by Gasteiger charge is -2.43. The molecule has 5 rings (SSSR count). The number of hydrogen-bond acceptors (Lipinski definition) is 8. The number of Topliss-reactive ketones (excluding diaryl/α,β-unsaturated/α-hetero) is 1. The fraction of sp³-hybridized carbons (Fsp3) is 0.348. The molecule has 0 aromatic heterocycles. The van der Waals surface area contributed by atoms with Gasteiger partial charge < -0.3 is 33.9 Å². The molecule has 0 bridgehead atoms. The number of carbonyl (C=O) groups is 1. The second-order valence-electron chi connectivity index (χ2n) is 7.95. The van der Waals surface area contributed by atoms with E-state index in [1.54, 1.807) is 6.07 Å². The highest BCUT2D eigenvalue weighted by Gasteiger charge is 2.57. The van der Waals surface area contributed by atoms with Crippen LogP contribution >= 0.6 is 0 Å². The number of phenols is 1. The summed E-state index contributed by atoms with van der Waals surface area (Å²) in [5.74, 6) is 0.668. The van der Waals surface area contributed by atoms with Crippen molar-refractivity contribution < 1.29 is 38.7 Å². The fourth-order valence-corrected chi connectivity index (χ4v) is 4.42. The molecule has 0 amide bonds. The Balaban J connectivity index is 1.67. The molecule has 3 aliphatic rings. The lowest BCUT2D eigenvalue weighted by Crippen LogP contribution is -2.57. The molecular formula is C23H22O8. The molecule has 8 heteroatoms. The first kappa shape index (κ1) is 19.6. The zero-order valence-corrected chi connectivity index (χ0v) is 17.4. The van der Waals surface area contributed by atoms with Crippen molar-refractivity contribution in [3.05, 3.63) is 47.0 Å². The van der Waals surface area contributed by atoms with Gasteiger partial charge >= 0.3 is 0 Å². The van der Waals surface area contributed by atoms with Crippen LogP contribution in [0.4, 0.5) is 0 Å². The topological polar surface area (TPSA) is 104 Å². The number of phenolic OH excluding ortho intramolecular Hbond substituents is 1. The Bertz CT molecular complexity index is 1140. The molecule has 0 unspecified atom stereocenters. The second kappa shape index (κ2) is 6.55. The van der Waals surface area contributed by atoms with Crippen LogP contribution in [0.5, 0.6) is 34.5 Å². The minimum absolute atomic E-state index is 0.0701. The minimum Gasteiger partial charge on any atom is -0.507 e. The molecule has 3 atom stereocenters. The standard InChI is InChI=1S/C23H22O8/c1-10(2)14-5-11-15(30-14)7-13(24)20-21(11)31-19-9-29-16-8-18(28-4)17(27-3)6-12(16)23(19,26)22(20)25/h6-8,14,19,24,26H,1,5,9H2,2-4H3/t14-,19-,23+/m0/s1. The SMILES string of the molecule is C=C(C)[C@@H]1Cc2c(cc(O)c3c2O[C@H]2COc4cc(OC)c(OC)cc4[C@]2(O)C3=O)O1. The largest absolute Gasteiger partial charge is 0.507 e. The van der Waals surface area contributed by atoms with Gasteiger partial charge in [-0.1, -0.05) is 6.58 Å². The molecule has 0 saturated heterocycles. The second-order valence-corrected chi connectivity index (χ2v) is 7.95. The molecule has 3 heterocycles. The van der Waals surface area contributed by atoms with Gasteiger partial charge in [-0.3, -0.25) is 4.79 Å². The van der Waals surface area contributed by atoms with Crippen molar-refractivity contribution in [3.63, 3.8) is 0 Å². The first-order valence-corrected chi connectivity index (χ1v) is 9.83. The van der Waals surface area contributed by atoms with Gasteiger partial charge in [-0.25, -0.2) is 0 Å². The van der Waals surface area contributed by atoms with Crippen molar-refractivity contribution in [1.82, 2.24) is 0 Å². The molecule has 0 fully saturated rings. The fourth-order valence-electron chi connectivity index (χ4n) is 4.42. The molecule has 0 radical (unpaired) electrons. The number of hydrogen-bond donors (Lipinski definition) is 2. The number of methoxy groups -OCH3 is 2. The maximum Gasteiger partial charge on any atom is 0.210 e. The van der Waals surface area contributed by atoms with Gasteiger partial charge in [0.2, 0.25) is 5.78 Å². The van der Waals surface area contributed by atoms with E-state index in [1.807, 2.05) is 6.92 Å². The molecule has 31 heavy (non-hydrogen) atoms. The van der Waals surface area contributed by atoms with Crippen LogP contribution in [-0.4, -0.2) is 49.0 Å². The highest BCUT2D eigenvalue weighted by atomic mass is 16.6. The summed E-state index contributed by atoms with van der Waals surface area (Å²) >= 11 is 0. The van der Waals surface area contributed by atoms with Gasteiger partial charge in [-0.15, -0.1) is 0 Å². The van der Waals surface area contributed by atoms with Crippen molar-refractivity contribution in [2.45, 2.75) is 31.2 Å². The van der Waals surface area contributed by atoms with E-state index in [1.165, 1.54) is 26.4 Å². The molecule has 2 aromatic carbocycles. The molecule has 0 aliphatic carbocycles. The number of ketones is 1. The number of carbonyl (C=O) groups excluding carboxylic acids is 1. The normalized spacial score (nSPS) is 25.1. The quantitative estimate of drug-likeness (QED) is 0.722. The number of rotatable bonds is 3. The van der Waals surface area contributed by atoms with Gasteiger partial charge in [-0.2, -0.15) is 0 Å². The Morgan fingerprint density at radius 1 is 1.16 bits per heavy atom. The molecule has 162 valence electrons. The summed E-state index contributed by atoms with van der Waals surface area (Å²) in [7, 11) is 2.94. The van der Waals surface area contributed by atoms with Gasteiger partial charge in [0.15, 0.2) is 23.2 Å². The van der Waals surface area contributed by atoms with Crippen molar-refractivity contribution in [1.29, 1.82) is 0 Å². The highest BCUT2D eigenvalue weighted by Crippen LogP contribution is 2.53. The first-order valence-electron chi connectivity index (χ1n) is 9.83. The van der Waals surface area contributed by atoms with E-state index < -0.39 is 17.5 Å². The summed E-state index contributed by atoms with van der Waals surface area (Å²) < 4.78 is 28.4. The third-order valence-corrected chi connectivity index (χ3v) is 6.12. The Labute approximate surface area is 178 Å². The number of aromatic hydroxyl groups is 1. The van der Waals surface area contributed by atoms with E-state index in [2.05, 4.69) is 6.58 Å². The monoisotopic (exact) mass is 426 g/mol. The summed E-state index contributed by atoms with van der Waals surface area (Å²) in [6.45, 7) is 5.70. The van der Waals surface area contributed by atoms with E-state index in [0.29, 0.717) is 29.2 Å². The lowest BCUT2D eigenvalue weighted by atomic mass is 9.76. The van der Waals surface area contributed by atoms with E-state index in [0.717, 1.165) is 5.57 Å². The number of ether oxygens (including phenoxy) is 5. The summed E-state index contributed by atoms with van der Waals surface area (Å²) in [6, 6.07) is 4.44. The molecule has 2 N–H and O–H groups in total. The third kappa shape index (κ3) is 2.54. The van der Waals surface area contributed by atoms with E-state index in [-0.39, 0.29) is 41.1 Å². The van der Waals surface area contributed by atoms with Crippen molar-refractivity contribution >= 4 is 5.78 Å². The van der Waals surface area contributed by atoms with Gasteiger partial charge in [0.25, 0.3) is 0 Å². The van der Waals surface area contributed by atoms with Crippen LogP contribution < -0.4 is 23.7 Å². The molecule has 3 aliphatic heterocycles. The van der Waals surface area contributed by atoms with Crippen LogP contribution in [-0.2, 0) is 12.0 Å². The molecule has 0 spiro atoms. The zero-order chi connectivity index (χ0) is 22.1. The Morgan fingerprint density at radius 3 is 2.55 bits per heavy atom. The minimum atomic E-state index is -2.07. The predicted molar refractivity (Wildman–Crippen MR) is 109 cm³/mol. The Morgan fingerprint density at radius 2 is 1.87 bits per heavy atom. The zero-order valence-electron chi connectivity index (χ0n) is 17.4. The van der Waals surface area contributed by atoms with Crippen LogP contribution in [0.15, 0.2) is 30.4 Å². The number of aliphatic hydroxyl groups is 1. The van der Waals surface area contributed by atoms with Crippen molar-refractivity contribution in [3.8, 4) is 34.5 Å². The van der Waals surface area contributed by atoms with E-state index in [9.17, 15) is 15.0 Å². The van der Waals surface area contributed by atoms with Crippen molar-refractivity contribution in [2.24, 2.45) is 0 Å². The summed E-state index contributed by atoms with van der Waals surface area (Å²) in [4.78, 5) is 13.6. The van der Waals surface area contributed by atoms with Gasteiger partial charge in [0.05, 0.1) is 14.2 Å². The van der Waals surface area contributed by atoms with Gasteiger partial charge in [-0.05, 0) is 18.6 Å². The third-order valence-electron chi connectivity index (χ3n) is 6.12. The molecule has 2 aromatic rings. The van der Waals surface area contributed by atoms with Crippen molar-refractivity contribution in [2.75, 3.05) is 20.8 Å². The van der Waals surface area contributed by atoms with Crippen LogP contribution in [0.2, 0.25) is 0 Å². The first-order chi connectivity index (χ1) is 14.8. The summed E-state index contributed by atoms with van der Waals surface area (Å²) in [6.07, 6.45) is -0.845. The number of fused-ring (bicyclic) bond motifs is 6. The lowest BCUT2D eigenvalue weighted by molar-refractivity contribution is -0.0805. The van der Waals surface area contributed by atoms with Crippen LogP contribution in [0.1, 0.15) is 28.4 Å². The Kier molecular flexibility index (Phi) is 4.14. The van der Waals surface area contributed by atoms with Crippen LogP contribution in [0.25, 0.3) is 0 Å². The molecular weight excluding hydrogens is 404 g/mol. The van der Waals surface area contributed by atoms with E-state index >= 15 is 0 Å².